The summed E-state index contributed by atoms with van der Waals surface area (Å²) in [4.78, 5) is 13.0. The first kappa shape index (κ1) is 18.7. The fourth-order valence-electron chi connectivity index (χ4n) is 3.63. The van der Waals surface area contributed by atoms with Gasteiger partial charge in [-0.2, -0.15) is 4.31 Å². The molecule has 0 aliphatic carbocycles. The number of benzene rings is 3. The molecule has 0 bridgehead atoms. The van der Waals surface area contributed by atoms with Gasteiger partial charge in [0.25, 0.3) is 0 Å². The van der Waals surface area contributed by atoms with E-state index in [1.54, 1.807) is 30.3 Å². The molecule has 1 saturated heterocycles. The summed E-state index contributed by atoms with van der Waals surface area (Å²) in [6, 6.07) is 22.1. The minimum atomic E-state index is -3.58. The van der Waals surface area contributed by atoms with E-state index in [-0.39, 0.29) is 23.3 Å². The normalized spacial score (nSPS) is 18.1. The van der Waals surface area contributed by atoms with Gasteiger partial charge in [0.2, 0.25) is 15.9 Å². The summed E-state index contributed by atoms with van der Waals surface area (Å²) in [5, 5.41) is 5.12. The SMILES string of the molecule is O=C(Nc1ccc2ccccc2c1)C1CCCN(S(=O)(=O)c2ccccc2)C1. The van der Waals surface area contributed by atoms with Crippen molar-refractivity contribution < 1.29 is 13.2 Å². The number of hydrogen-bond acceptors (Lipinski definition) is 3. The second-order valence-electron chi connectivity index (χ2n) is 7.07. The Hall–Kier alpha value is -2.70. The predicted octanol–water partition coefficient (Wildman–Crippen LogP) is 3.88. The molecular formula is C22H22N2O3S. The average molecular weight is 394 g/mol. The molecule has 1 aliphatic rings. The van der Waals surface area contributed by atoms with Crippen molar-refractivity contribution >= 4 is 32.4 Å². The average Bonchev–Trinajstić information content (AvgIpc) is 2.74. The molecule has 1 N–H and O–H groups in total. The van der Waals surface area contributed by atoms with E-state index in [0.29, 0.717) is 19.4 Å². The smallest absolute Gasteiger partial charge is 0.243 e. The fraction of sp³-hybridized carbons (Fsp3) is 0.227. The van der Waals surface area contributed by atoms with E-state index in [1.165, 1.54) is 4.31 Å². The minimum absolute atomic E-state index is 0.136. The lowest BCUT2D eigenvalue weighted by Gasteiger charge is -2.31. The number of sulfonamides is 1. The summed E-state index contributed by atoms with van der Waals surface area (Å²) in [5.41, 5.74) is 0.728. The third-order valence-electron chi connectivity index (χ3n) is 5.15. The van der Waals surface area contributed by atoms with Gasteiger partial charge in [0.1, 0.15) is 0 Å². The quantitative estimate of drug-likeness (QED) is 0.730. The first-order valence-electron chi connectivity index (χ1n) is 9.39. The number of nitrogens with zero attached hydrogens (tertiary/aromatic N) is 1. The number of nitrogens with one attached hydrogen (secondary N) is 1. The van der Waals surface area contributed by atoms with Crippen molar-refractivity contribution in [3.63, 3.8) is 0 Å². The summed E-state index contributed by atoms with van der Waals surface area (Å²) in [7, 11) is -3.58. The van der Waals surface area contributed by atoms with Crippen molar-refractivity contribution in [1.82, 2.24) is 4.31 Å². The Morgan fingerprint density at radius 3 is 2.43 bits per heavy atom. The molecule has 1 heterocycles. The molecule has 0 saturated carbocycles. The van der Waals surface area contributed by atoms with Crippen LogP contribution in [0.5, 0.6) is 0 Å². The second-order valence-corrected chi connectivity index (χ2v) is 9.00. The van der Waals surface area contributed by atoms with Crippen molar-refractivity contribution in [2.24, 2.45) is 5.92 Å². The Kier molecular flexibility index (Phi) is 5.15. The van der Waals surface area contributed by atoms with Crippen LogP contribution in [-0.2, 0) is 14.8 Å². The molecule has 144 valence electrons. The first-order chi connectivity index (χ1) is 13.5. The molecule has 4 rings (SSSR count). The maximum absolute atomic E-state index is 12.9. The first-order valence-corrected chi connectivity index (χ1v) is 10.8. The van der Waals surface area contributed by atoms with Crippen LogP contribution < -0.4 is 5.32 Å². The number of fused-ring (bicyclic) bond motifs is 1. The van der Waals surface area contributed by atoms with Crippen LogP contribution in [0.15, 0.2) is 77.7 Å². The molecule has 1 unspecified atom stereocenters. The molecule has 1 aliphatic heterocycles. The maximum Gasteiger partial charge on any atom is 0.243 e. The van der Waals surface area contributed by atoms with Crippen molar-refractivity contribution in [3.05, 3.63) is 72.8 Å². The van der Waals surface area contributed by atoms with Crippen molar-refractivity contribution in [1.29, 1.82) is 0 Å². The molecule has 6 heteroatoms. The number of anilines is 1. The van der Waals surface area contributed by atoms with Gasteiger partial charge in [-0.15, -0.1) is 0 Å². The molecule has 3 aromatic carbocycles. The molecule has 0 radical (unpaired) electrons. The van der Waals surface area contributed by atoms with Crippen molar-refractivity contribution in [2.75, 3.05) is 18.4 Å². The zero-order valence-corrected chi connectivity index (χ0v) is 16.2. The maximum atomic E-state index is 12.9. The van der Waals surface area contributed by atoms with Gasteiger partial charge in [-0.05, 0) is 47.9 Å². The van der Waals surface area contributed by atoms with E-state index in [2.05, 4.69) is 5.32 Å². The Morgan fingerprint density at radius 1 is 0.929 bits per heavy atom. The Balaban J connectivity index is 1.48. The molecule has 3 aromatic rings. The van der Waals surface area contributed by atoms with E-state index in [1.807, 2.05) is 42.5 Å². The molecular weight excluding hydrogens is 372 g/mol. The summed E-state index contributed by atoms with van der Waals surface area (Å²) in [6.45, 7) is 0.646. The number of hydrogen-bond donors (Lipinski definition) is 1. The molecule has 1 amide bonds. The highest BCUT2D eigenvalue weighted by Crippen LogP contribution is 2.25. The van der Waals surface area contributed by atoms with Crippen LogP contribution in [-0.4, -0.2) is 31.7 Å². The fourth-order valence-corrected chi connectivity index (χ4v) is 5.17. The van der Waals surface area contributed by atoms with E-state index in [0.717, 1.165) is 16.5 Å². The number of amides is 1. The van der Waals surface area contributed by atoms with Gasteiger partial charge in [-0.3, -0.25) is 4.79 Å². The van der Waals surface area contributed by atoms with Crippen molar-refractivity contribution in [2.45, 2.75) is 17.7 Å². The van der Waals surface area contributed by atoms with E-state index < -0.39 is 10.0 Å². The molecule has 28 heavy (non-hydrogen) atoms. The highest BCUT2D eigenvalue weighted by molar-refractivity contribution is 7.89. The molecule has 1 fully saturated rings. The van der Waals surface area contributed by atoms with Gasteiger partial charge in [0.05, 0.1) is 10.8 Å². The Bertz CT molecular complexity index is 1100. The zero-order valence-electron chi connectivity index (χ0n) is 15.4. The lowest BCUT2D eigenvalue weighted by molar-refractivity contribution is -0.120. The van der Waals surface area contributed by atoms with Crippen LogP contribution in [0.1, 0.15) is 12.8 Å². The van der Waals surface area contributed by atoms with Gasteiger partial charge in [0, 0.05) is 18.8 Å². The van der Waals surface area contributed by atoms with Gasteiger partial charge in [0.15, 0.2) is 0 Å². The Morgan fingerprint density at radius 2 is 1.64 bits per heavy atom. The van der Waals surface area contributed by atoms with E-state index in [9.17, 15) is 13.2 Å². The molecule has 5 nitrogen and oxygen atoms in total. The van der Waals surface area contributed by atoms with Crippen LogP contribution >= 0.6 is 0 Å². The van der Waals surface area contributed by atoms with Gasteiger partial charge in [-0.25, -0.2) is 8.42 Å². The lowest BCUT2D eigenvalue weighted by Crippen LogP contribution is -2.43. The van der Waals surface area contributed by atoms with Crippen LogP contribution in [0.3, 0.4) is 0 Å². The van der Waals surface area contributed by atoms with Gasteiger partial charge in [-0.1, -0.05) is 48.5 Å². The standard InChI is InChI=1S/C22H22N2O3S/c25-22(23-20-13-12-17-7-4-5-8-18(17)15-20)19-9-6-14-24(16-19)28(26,27)21-10-2-1-3-11-21/h1-5,7-8,10-13,15,19H,6,9,14,16H2,(H,23,25). The van der Waals surface area contributed by atoms with Gasteiger partial charge < -0.3 is 5.32 Å². The zero-order chi connectivity index (χ0) is 19.6. The lowest BCUT2D eigenvalue weighted by atomic mass is 9.98. The van der Waals surface area contributed by atoms with Crippen LogP contribution in [0.4, 0.5) is 5.69 Å². The Labute approximate surface area is 165 Å². The highest BCUT2D eigenvalue weighted by atomic mass is 32.2. The number of piperidine rings is 1. The number of carbonyl (C=O) groups is 1. The summed E-state index contributed by atoms with van der Waals surface area (Å²) < 4.78 is 27.1. The summed E-state index contributed by atoms with van der Waals surface area (Å²) in [5.74, 6) is -0.498. The van der Waals surface area contributed by atoms with Crippen molar-refractivity contribution in [3.8, 4) is 0 Å². The minimum Gasteiger partial charge on any atom is -0.326 e. The van der Waals surface area contributed by atoms with Crippen LogP contribution in [0, 0.1) is 5.92 Å². The molecule has 0 aromatic heterocycles. The molecule has 1 atom stereocenters. The third-order valence-corrected chi connectivity index (χ3v) is 7.03. The monoisotopic (exact) mass is 394 g/mol. The third kappa shape index (κ3) is 3.79. The van der Waals surface area contributed by atoms with Crippen LogP contribution in [0.2, 0.25) is 0 Å². The van der Waals surface area contributed by atoms with E-state index >= 15 is 0 Å². The van der Waals surface area contributed by atoms with E-state index in [4.69, 9.17) is 0 Å². The van der Waals surface area contributed by atoms with Gasteiger partial charge >= 0.3 is 0 Å². The predicted molar refractivity (Wildman–Crippen MR) is 111 cm³/mol. The summed E-state index contributed by atoms with van der Waals surface area (Å²) in [6.07, 6.45) is 1.35. The number of carbonyl (C=O) groups excluding carboxylic acids is 1. The number of rotatable bonds is 4. The summed E-state index contributed by atoms with van der Waals surface area (Å²) >= 11 is 0. The molecule has 0 spiro atoms. The highest BCUT2D eigenvalue weighted by Gasteiger charge is 2.33. The van der Waals surface area contributed by atoms with Crippen LogP contribution in [0.25, 0.3) is 10.8 Å². The topological polar surface area (TPSA) is 66.5 Å². The largest absolute Gasteiger partial charge is 0.326 e. The second kappa shape index (κ2) is 7.73.